The van der Waals surface area contributed by atoms with Crippen molar-refractivity contribution in [3.63, 3.8) is 0 Å². The second-order valence-electron chi connectivity index (χ2n) is 7.90. The van der Waals surface area contributed by atoms with Gasteiger partial charge in [-0.25, -0.2) is 18.9 Å². The van der Waals surface area contributed by atoms with Gasteiger partial charge in [-0.2, -0.15) is 18.3 Å². The number of hydrogen-bond acceptors (Lipinski definition) is 6. The topological polar surface area (TPSA) is 102 Å². The van der Waals surface area contributed by atoms with Gasteiger partial charge in [0.2, 0.25) is 5.76 Å². The number of halogens is 4. The number of aromatic carboxylic acids is 1. The van der Waals surface area contributed by atoms with Crippen LogP contribution in [0.15, 0.2) is 63.7 Å². The first-order valence-electron chi connectivity index (χ1n) is 10.6. The van der Waals surface area contributed by atoms with Crippen molar-refractivity contribution in [1.29, 1.82) is 0 Å². The minimum atomic E-state index is -4.69. The second-order valence-corrected chi connectivity index (χ2v) is 7.90. The van der Waals surface area contributed by atoms with Crippen LogP contribution in [0.1, 0.15) is 41.8 Å². The zero-order chi connectivity index (χ0) is 26.0. The number of allylic oxidation sites excluding steroid dienone is 3. The smallest absolute Gasteiger partial charge is 0.435 e. The molecule has 1 aromatic carbocycles. The van der Waals surface area contributed by atoms with Gasteiger partial charge < -0.3 is 19.6 Å². The number of aromatic nitrogens is 2. The van der Waals surface area contributed by atoms with Gasteiger partial charge in [0.25, 0.3) is 0 Å². The number of carboxylic acid groups (broad SMARTS) is 1. The average molecular weight is 504 g/mol. The van der Waals surface area contributed by atoms with Crippen LogP contribution in [0, 0.1) is 5.82 Å². The zero-order valence-corrected chi connectivity index (χ0v) is 19.1. The van der Waals surface area contributed by atoms with Gasteiger partial charge in [0.05, 0.1) is 12.7 Å². The lowest BCUT2D eigenvalue weighted by Gasteiger charge is -2.17. The van der Waals surface area contributed by atoms with Crippen LogP contribution in [0.3, 0.4) is 0 Å². The van der Waals surface area contributed by atoms with Crippen molar-refractivity contribution in [3.05, 3.63) is 77.3 Å². The highest BCUT2D eigenvalue weighted by atomic mass is 19.4. The van der Waals surface area contributed by atoms with Gasteiger partial charge in [0.15, 0.2) is 11.5 Å². The molecule has 1 aliphatic heterocycles. The Bertz CT molecular complexity index is 1400. The van der Waals surface area contributed by atoms with E-state index in [1.165, 1.54) is 31.4 Å². The van der Waals surface area contributed by atoms with E-state index in [1.54, 1.807) is 19.1 Å². The number of anilines is 1. The first-order valence-corrected chi connectivity index (χ1v) is 10.6. The predicted molar refractivity (Wildman–Crippen MR) is 123 cm³/mol. The maximum absolute atomic E-state index is 14.0. The Hall–Kier alpha value is -4.35. The summed E-state index contributed by atoms with van der Waals surface area (Å²) in [5, 5.41) is 15.9. The largest absolute Gasteiger partial charge is 0.497 e. The number of methoxy groups -OCH3 is 1. The molecule has 0 amide bonds. The van der Waals surface area contributed by atoms with Gasteiger partial charge in [-0.15, -0.1) is 0 Å². The normalized spacial score (nSPS) is 14.6. The molecule has 0 atom stereocenters. The van der Waals surface area contributed by atoms with Crippen molar-refractivity contribution in [2.45, 2.75) is 25.9 Å². The summed E-state index contributed by atoms with van der Waals surface area (Å²) >= 11 is 0. The molecule has 0 saturated heterocycles. The predicted octanol–water partition coefficient (Wildman–Crippen LogP) is 5.92. The average Bonchev–Trinajstić information content (AvgIpc) is 3.48. The van der Waals surface area contributed by atoms with E-state index in [0.29, 0.717) is 24.4 Å². The Balaban J connectivity index is 1.89. The van der Waals surface area contributed by atoms with E-state index in [9.17, 15) is 27.5 Å². The standard InChI is InChI=1S/C24H20F4N4O4/c1-13-3-6-21(29-15-10-14(25)11-16(12-15)35-2)30-22(32-8-7-20(31-32)24(26,27)28)17(9-13)18-4-5-19(36-18)23(33)34/h4-5,7-12H,3,6H2,1-2H3,(H,29,30)(H,33,34). The second kappa shape index (κ2) is 9.72. The Morgan fingerprint density at radius 1 is 1.19 bits per heavy atom. The molecule has 2 N–H and O–H groups in total. The lowest BCUT2D eigenvalue weighted by molar-refractivity contribution is -0.141. The summed E-state index contributed by atoms with van der Waals surface area (Å²) in [5.74, 6) is -1.64. The van der Waals surface area contributed by atoms with E-state index in [4.69, 9.17) is 9.15 Å². The number of amidine groups is 1. The molecule has 0 unspecified atom stereocenters. The molecule has 0 aliphatic carbocycles. The minimum absolute atomic E-state index is 0.0540. The highest BCUT2D eigenvalue weighted by molar-refractivity contribution is 6.01. The van der Waals surface area contributed by atoms with Crippen LogP contribution < -0.4 is 10.1 Å². The zero-order valence-electron chi connectivity index (χ0n) is 19.1. The molecular weight excluding hydrogens is 484 g/mol. The summed E-state index contributed by atoms with van der Waals surface area (Å²) in [5.41, 5.74) is 0.205. The lowest BCUT2D eigenvalue weighted by atomic mass is 10.0. The SMILES string of the molecule is COc1cc(F)cc(NC2=NC(n3ccc(C(F)(F)F)n3)=C(c3ccc(C(=O)O)o3)C=C(C)CC2)c1. The van der Waals surface area contributed by atoms with Gasteiger partial charge in [-0.3, -0.25) is 0 Å². The monoisotopic (exact) mass is 504 g/mol. The number of nitrogens with one attached hydrogen (secondary N) is 1. The molecule has 3 aromatic rings. The van der Waals surface area contributed by atoms with E-state index in [2.05, 4.69) is 15.4 Å². The van der Waals surface area contributed by atoms with Crippen molar-refractivity contribution in [1.82, 2.24) is 9.78 Å². The summed E-state index contributed by atoms with van der Waals surface area (Å²) in [4.78, 5) is 15.9. The first kappa shape index (κ1) is 24.8. The molecule has 0 fully saturated rings. The van der Waals surface area contributed by atoms with Crippen molar-refractivity contribution in [2.75, 3.05) is 12.4 Å². The van der Waals surface area contributed by atoms with Gasteiger partial charge in [0, 0.05) is 30.4 Å². The number of benzene rings is 1. The maximum Gasteiger partial charge on any atom is 0.435 e. The van der Waals surface area contributed by atoms with Crippen molar-refractivity contribution in [2.24, 2.45) is 4.99 Å². The summed E-state index contributed by atoms with van der Waals surface area (Å²) in [6.45, 7) is 1.80. The fourth-order valence-corrected chi connectivity index (χ4v) is 3.50. The van der Waals surface area contributed by atoms with Crippen LogP contribution >= 0.6 is 0 Å². The molecule has 36 heavy (non-hydrogen) atoms. The minimum Gasteiger partial charge on any atom is -0.497 e. The van der Waals surface area contributed by atoms with Crippen molar-refractivity contribution < 1.29 is 36.6 Å². The molecule has 4 rings (SSSR count). The fraction of sp³-hybridized carbons (Fsp3) is 0.208. The Morgan fingerprint density at radius 3 is 2.61 bits per heavy atom. The number of ether oxygens (including phenoxy) is 1. The molecule has 8 nitrogen and oxygen atoms in total. The van der Waals surface area contributed by atoms with Crippen LogP contribution in [0.5, 0.6) is 5.75 Å². The first-order chi connectivity index (χ1) is 17.0. The summed E-state index contributed by atoms with van der Waals surface area (Å²) in [6, 6.07) is 7.37. The van der Waals surface area contributed by atoms with Crippen LogP contribution in [0.25, 0.3) is 11.4 Å². The fourth-order valence-electron chi connectivity index (χ4n) is 3.50. The van der Waals surface area contributed by atoms with Gasteiger partial charge in [-0.05, 0) is 43.7 Å². The van der Waals surface area contributed by atoms with E-state index in [-0.39, 0.29) is 28.7 Å². The molecule has 2 aromatic heterocycles. The van der Waals surface area contributed by atoms with Crippen molar-refractivity contribution in [3.8, 4) is 5.75 Å². The van der Waals surface area contributed by atoms with Crippen LogP contribution in [0.2, 0.25) is 0 Å². The third kappa shape index (κ3) is 5.48. The van der Waals surface area contributed by atoms with E-state index in [0.717, 1.165) is 22.5 Å². The van der Waals surface area contributed by atoms with E-state index in [1.807, 2.05) is 0 Å². The molecule has 0 bridgehead atoms. The molecule has 0 saturated carbocycles. The third-order valence-corrected chi connectivity index (χ3v) is 5.20. The van der Waals surface area contributed by atoms with Crippen LogP contribution in [-0.4, -0.2) is 33.8 Å². The van der Waals surface area contributed by atoms with Gasteiger partial charge in [0.1, 0.15) is 23.2 Å². The Morgan fingerprint density at radius 2 is 1.97 bits per heavy atom. The molecule has 12 heteroatoms. The molecule has 0 spiro atoms. The van der Waals surface area contributed by atoms with Gasteiger partial charge >= 0.3 is 12.1 Å². The summed E-state index contributed by atoms with van der Waals surface area (Å²) in [6.07, 6.45) is -1.11. The Kier molecular flexibility index (Phi) is 6.69. The number of carbonyl (C=O) groups is 1. The highest BCUT2D eigenvalue weighted by Gasteiger charge is 2.34. The number of nitrogens with zero attached hydrogens (tertiary/aromatic N) is 3. The molecule has 1 aliphatic rings. The quantitative estimate of drug-likeness (QED) is 0.419. The van der Waals surface area contributed by atoms with E-state index < -0.39 is 23.7 Å². The molecule has 188 valence electrons. The summed E-state index contributed by atoms with van der Waals surface area (Å²) in [7, 11) is 1.39. The van der Waals surface area contributed by atoms with Crippen molar-refractivity contribution >= 4 is 28.9 Å². The number of alkyl halides is 3. The molecule has 0 radical (unpaired) electrons. The lowest BCUT2D eigenvalue weighted by Crippen LogP contribution is -2.16. The third-order valence-electron chi connectivity index (χ3n) is 5.20. The van der Waals surface area contributed by atoms with Gasteiger partial charge in [-0.1, -0.05) is 5.57 Å². The van der Waals surface area contributed by atoms with Crippen LogP contribution in [0.4, 0.5) is 23.2 Å². The number of rotatable bonds is 5. The molecular formula is C24H20F4N4O4. The van der Waals surface area contributed by atoms with E-state index >= 15 is 0 Å². The highest BCUT2D eigenvalue weighted by Crippen LogP contribution is 2.33. The Labute approximate surface area is 202 Å². The number of carboxylic acids is 1. The summed E-state index contributed by atoms with van der Waals surface area (Å²) < 4.78 is 65.3. The number of furan rings is 1. The molecule has 3 heterocycles. The number of hydrogen-bond donors (Lipinski definition) is 2. The van der Waals surface area contributed by atoms with Crippen LogP contribution in [-0.2, 0) is 6.18 Å². The number of aliphatic imine (C=N–C) groups is 1. The maximum atomic E-state index is 14.0.